The van der Waals surface area contributed by atoms with Gasteiger partial charge in [-0.1, -0.05) is 50.1 Å². The van der Waals surface area contributed by atoms with Gasteiger partial charge in [-0.15, -0.1) is 0 Å². The topological polar surface area (TPSA) is 96.9 Å². The fourth-order valence-corrected chi connectivity index (χ4v) is 3.25. The van der Waals surface area contributed by atoms with Crippen LogP contribution in [0.25, 0.3) is 0 Å². The Morgan fingerprint density at radius 3 is 2.31 bits per heavy atom. The fourth-order valence-electron chi connectivity index (χ4n) is 2.60. The normalized spacial score (nSPS) is 10.6. The predicted molar refractivity (Wildman–Crippen MR) is 129 cm³/mol. The molecule has 0 heterocycles. The number of hydrazone groups is 1. The highest BCUT2D eigenvalue weighted by molar-refractivity contribution is 9.10. The smallest absolute Gasteiger partial charge is 0.343 e. The Balaban J connectivity index is 1.67. The monoisotopic (exact) mass is 557 g/mol. The molecule has 3 rings (SSSR count). The fraction of sp³-hybridized carbons (Fsp3) is 0.0435. The Kier molecular flexibility index (Phi) is 7.91. The Labute approximate surface area is 201 Å². The molecular formula is C23H17Br2N3O4. The van der Waals surface area contributed by atoms with Gasteiger partial charge in [0, 0.05) is 20.2 Å². The number of nitrogens with zero attached hydrogens (tertiary/aromatic N) is 1. The van der Waals surface area contributed by atoms with E-state index in [2.05, 4.69) is 47.7 Å². The number of rotatable bonds is 5. The van der Waals surface area contributed by atoms with Gasteiger partial charge in [-0.05, 0) is 61.0 Å². The van der Waals surface area contributed by atoms with Crippen LogP contribution in [-0.2, 0) is 9.59 Å². The van der Waals surface area contributed by atoms with Crippen molar-refractivity contribution in [2.45, 2.75) is 6.92 Å². The summed E-state index contributed by atoms with van der Waals surface area (Å²) in [7, 11) is 0. The average Bonchev–Trinajstić information content (AvgIpc) is 2.77. The van der Waals surface area contributed by atoms with Crippen LogP contribution in [0.1, 0.15) is 21.5 Å². The average molecular weight is 559 g/mol. The van der Waals surface area contributed by atoms with Crippen molar-refractivity contribution in [3.05, 3.63) is 92.4 Å². The molecule has 0 atom stereocenters. The van der Waals surface area contributed by atoms with Crippen LogP contribution in [0, 0.1) is 6.92 Å². The number of halogens is 2. The van der Waals surface area contributed by atoms with E-state index < -0.39 is 17.8 Å². The second kappa shape index (κ2) is 10.8. The highest BCUT2D eigenvalue weighted by Gasteiger charge is 2.15. The zero-order valence-electron chi connectivity index (χ0n) is 16.8. The number of esters is 1. The van der Waals surface area contributed by atoms with Crippen LogP contribution in [0.5, 0.6) is 5.75 Å². The summed E-state index contributed by atoms with van der Waals surface area (Å²) in [5.41, 5.74) is 4.28. The van der Waals surface area contributed by atoms with Crippen LogP contribution in [0.4, 0.5) is 5.69 Å². The van der Waals surface area contributed by atoms with E-state index in [9.17, 15) is 14.4 Å². The second-order valence-electron chi connectivity index (χ2n) is 6.55. The van der Waals surface area contributed by atoms with Crippen LogP contribution in [0.15, 0.2) is 80.8 Å². The number of hydrogen-bond donors (Lipinski definition) is 2. The summed E-state index contributed by atoms with van der Waals surface area (Å²) in [4.78, 5) is 36.6. The number of amides is 2. The first kappa shape index (κ1) is 23.4. The SMILES string of the molecule is Cc1ccccc1C(=O)Oc1ccc(Br)cc1C=NNC(=O)C(=O)Nc1ccc(Br)cc1. The van der Waals surface area contributed by atoms with E-state index in [-0.39, 0.29) is 5.75 Å². The number of benzene rings is 3. The lowest BCUT2D eigenvalue weighted by Gasteiger charge is -2.09. The van der Waals surface area contributed by atoms with E-state index in [1.165, 1.54) is 6.21 Å². The Bertz CT molecular complexity index is 1190. The first-order valence-corrected chi connectivity index (χ1v) is 10.9. The second-order valence-corrected chi connectivity index (χ2v) is 8.38. The molecule has 2 amide bonds. The lowest BCUT2D eigenvalue weighted by molar-refractivity contribution is -0.136. The largest absolute Gasteiger partial charge is 0.422 e. The van der Waals surface area contributed by atoms with Crippen LogP contribution < -0.4 is 15.5 Å². The number of anilines is 1. The molecule has 0 saturated heterocycles. The molecule has 0 saturated carbocycles. The number of carbonyl (C=O) groups excluding carboxylic acids is 3. The van der Waals surface area contributed by atoms with Crippen LogP contribution >= 0.6 is 31.9 Å². The van der Waals surface area contributed by atoms with Gasteiger partial charge in [0.1, 0.15) is 5.75 Å². The molecule has 0 radical (unpaired) electrons. The number of hydrogen-bond acceptors (Lipinski definition) is 5. The summed E-state index contributed by atoms with van der Waals surface area (Å²) in [6.07, 6.45) is 1.29. The minimum atomic E-state index is -0.947. The van der Waals surface area contributed by atoms with Crippen molar-refractivity contribution in [1.82, 2.24) is 5.43 Å². The zero-order valence-corrected chi connectivity index (χ0v) is 19.9. The third kappa shape index (κ3) is 6.35. The van der Waals surface area contributed by atoms with E-state index in [0.717, 1.165) is 10.0 Å². The van der Waals surface area contributed by atoms with E-state index in [1.54, 1.807) is 54.6 Å². The number of ether oxygens (including phenoxy) is 1. The lowest BCUT2D eigenvalue weighted by atomic mass is 10.1. The Hall–Kier alpha value is -3.30. The third-order valence-corrected chi connectivity index (χ3v) is 5.24. The van der Waals surface area contributed by atoms with Crippen LogP contribution in [0.2, 0.25) is 0 Å². The van der Waals surface area contributed by atoms with Gasteiger partial charge in [-0.3, -0.25) is 9.59 Å². The van der Waals surface area contributed by atoms with Gasteiger partial charge in [0.15, 0.2) is 0 Å². The van der Waals surface area contributed by atoms with Gasteiger partial charge in [-0.2, -0.15) is 5.10 Å². The molecule has 2 N–H and O–H groups in total. The predicted octanol–water partition coefficient (Wildman–Crippen LogP) is 4.83. The van der Waals surface area contributed by atoms with E-state index in [1.807, 2.05) is 19.1 Å². The summed E-state index contributed by atoms with van der Waals surface area (Å²) in [5.74, 6) is -2.08. The summed E-state index contributed by atoms with van der Waals surface area (Å²) in [6, 6.07) is 18.8. The first-order valence-electron chi connectivity index (χ1n) is 9.31. The standard InChI is InChI=1S/C23H17Br2N3O4/c1-14-4-2-3-5-19(14)23(31)32-20-11-8-17(25)12-15(20)13-26-28-22(30)21(29)27-18-9-6-16(24)7-10-18/h2-13H,1H3,(H,27,29)(H,28,30). The summed E-state index contributed by atoms with van der Waals surface area (Å²) in [5, 5.41) is 6.28. The zero-order chi connectivity index (χ0) is 23.1. The summed E-state index contributed by atoms with van der Waals surface area (Å²) >= 11 is 6.64. The molecule has 0 fully saturated rings. The maximum absolute atomic E-state index is 12.5. The molecule has 0 aliphatic heterocycles. The van der Waals surface area contributed by atoms with Crippen molar-refractivity contribution in [3.63, 3.8) is 0 Å². The molecule has 3 aromatic rings. The Morgan fingerprint density at radius 1 is 0.906 bits per heavy atom. The minimum absolute atomic E-state index is 0.249. The van der Waals surface area contributed by atoms with Crippen molar-refractivity contribution in [2.24, 2.45) is 5.10 Å². The van der Waals surface area contributed by atoms with Crippen LogP contribution in [-0.4, -0.2) is 24.0 Å². The maximum Gasteiger partial charge on any atom is 0.343 e. The van der Waals surface area contributed by atoms with E-state index in [0.29, 0.717) is 21.3 Å². The molecule has 7 nitrogen and oxygen atoms in total. The molecule has 0 unspecified atom stereocenters. The highest BCUT2D eigenvalue weighted by atomic mass is 79.9. The van der Waals surface area contributed by atoms with Crippen molar-refractivity contribution in [1.29, 1.82) is 0 Å². The molecule has 0 aromatic heterocycles. The first-order chi connectivity index (χ1) is 15.3. The van der Waals surface area contributed by atoms with Crippen LogP contribution in [0.3, 0.4) is 0 Å². The van der Waals surface area contributed by atoms with Gasteiger partial charge in [0.05, 0.1) is 11.8 Å². The number of nitrogens with one attached hydrogen (secondary N) is 2. The van der Waals surface area contributed by atoms with Gasteiger partial charge >= 0.3 is 17.8 Å². The van der Waals surface area contributed by atoms with Crippen molar-refractivity contribution in [2.75, 3.05) is 5.32 Å². The molecular weight excluding hydrogens is 542 g/mol. The lowest BCUT2D eigenvalue weighted by Crippen LogP contribution is -2.32. The third-order valence-electron chi connectivity index (χ3n) is 4.22. The van der Waals surface area contributed by atoms with Crippen molar-refractivity contribution < 1.29 is 19.1 Å². The quantitative estimate of drug-likeness (QED) is 0.154. The molecule has 0 spiro atoms. The van der Waals surface area contributed by atoms with E-state index in [4.69, 9.17) is 4.74 Å². The summed E-state index contributed by atoms with van der Waals surface area (Å²) in [6.45, 7) is 1.81. The minimum Gasteiger partial charge on any atom is -0.422 e. The van der Waals surface area contributed by atoms with Crippen molar-refractivity contribution >= 4 is 61.5 Å². The van der Waals surface area contributed by atoms with E-state index >= 15 is 0 Å². The number of aryl methyl sites for hydroxylation is 1. The van der Waals surface area contributed by atoms with Gasteiger partial charge in [0.2, 0.25) is 0 Å². The van der Waals surface area contributed by atoms with Gasteiger partial charge < -0.3 is 10.1 Å². The molecule has 162 valence electrons. The summed E-state index contributed by atoms with van der Waals surface area (Å²) < 4.78 is 7.08. The molecule has 0 aliphatic rings. The number of carbonyl (C=O) groups is 3. The highest BCUT2D eigenvalue weighted by Crippen LogP contribution is 2.23. The Morgan fingerprint density at radius 2 is 1.59 bits per heavy atom. The van der Waals surface area contributed by atoms with Gasteiger partial charge in [0.25, 0.3) is 0 Å². The molecule has 0 bridgehead atoms. The molecule has 32 heavy (non-hydrogen) atoms. The maximum atomic E-state index is 12.5. The molecule has 9 heteroatoms. The van der Waals surface area contributed by atoms with Crippen molar-refractivity contribution in [3.8, 4) is 5.75 Å². The molecule has 3 aromatic carbocycles. The molecule has 0 aliphatic carbocycles. The van der Waals surface area contributed by atoms with Gasteiger partial charge in [-0.25, -0.2) is 10.2 Å².